The lowest BCUT2D eigenvalue weighted by atomic mass is 10.0. The zero-order valence-corrected chi connectivity index (χ0v) is 14.7. The predicted molar refractivity (Wildman–Crippen MR) is 91.0 cm³/mol. The molecule has 0 aliphatic carbocycles. The van der Waals surface area contributed by atoms with Crippen LogP contribution in [0.1, 0.15) is 53.5 Å². The van der Waals surface area contributed by atoms with Crippen molar-refractivity contribution in [3.63, 3.8) is 0 Å². The highest BCUT2D eigenvalue weighted by atomic mass is 16.5. The van der Waals surface area contributed by atoms with E-state index >= 15 is 0 Å². The van der Waals surface area contributed by atoms with Crippen LogP contribution in [0.3, 0.4) is 0 Å². The number of amides is 1. The van der Waals surface area contributed by atoms with E-state index in [1.54, 1.807) is 0 Å². The van der Waals surface area contributed by atoms with E-state index in [9.17, 15) is 4.79 Å². The van der Waals surface area contributed by atoms with Gasteiger partial charge in [-0.2, -0.15) is 0 Å². The largest absolute Gasteiger partial charge is 0.484 e. The molecular weight excluding hydrogens is 276 g/mol. The van der Waals surface area contributed by atoms with Gasteiger partial charge in [0.1, 0.15) is 5.75 Å². The lowest BCUT2D eigenvalue weighted by Gasteiger charge is -2.24. The summed E-state index contributed by atoms with van der Waals surface area (Å²) in [7, 11) is 0. The number of carbonyl (C=O) groups is 1. The summed E-state index contributed by atoms with van der Waals surface area (Å²) in [5, 5.41) is 6.39. The van der Waals surface area contributed by atoms with Crippen LogP contribution in [-0.4, -0.2) is 23.6 Å². The first-order chi connectivity index (χ1) is 10.1. The molecule has 0 aliphatic heterocycles. The van der Waals surface area contributed by atoms with Crippen LogP contribution in [0, 0.1) is 0 Å². The van der Waals surface area contributed by atoms with Gasteiger partial charge < -0.3 is 15.4 Å². The molecule has 0 saturated carbocycles. The van der Waals surface area contributed by atoms with Crippen molar-refractivity contribution in [3.05, 3.63) is 29.8 Å². The van der Waals surface area contributed by atoms with Crippen LogP contribution in [0.4, 0.5) is 0 Å². The quantitative estimate of drug-likeness (QED) is 0.813. The summed E-state index contributed by atoms with van der Waals surface area (Å²) in [6, 6.07) is 7.85. The lowest BCUT2D eigenvalue weighted by Crippen LogP contribution is -2.43. The highest BCUT2D eigenvalue weighted by molar-refractivity contribution is 5.78. The van der Waals surface area contributed by atoms with Crippen LogP contribution < -0.4 is 15.4 Å². The molecule has 0 aromatic heterocycles. The van der Waals surface area contributed by atoms with Crippen molar-refractivity contribution in [2.24, 2.45) is 0 Å². The van der Waals surface area contributed by atoms with Crippen LogP contribution in [0.15, 0.2) is 24.3 Å². The average molecular weight is 306 g/mol. The Labute approximate surface area is 134 Å². The Bertz CT molecular complexity index is 473. The Hall–Kier alpha value is -1.55. The first-order valence-corrected chi connectivity index (χ1v) is 7.89. The second kappa shape index (κ2) is 7.63. The SMILES string of the molecule is CCC(C)(C)NCc1ccc(OCC(=O)NC(C)(C)C)cc1. The Morgan fingerprint density at radius 2 is 1.68 bits per heavy atom. The Morgan fingerprint density at radius 3 is 2.18 bits per heavy atom. The van der Waals surface area contributed by atoms with Gasteiger partial charge in [-0.25, -0.2) is 0 Å². The molecule has 0 saturated heterocycles. The molecule has 2 N–H and O–H groups in total. The van der Waals surface area contributed by atoms with Crippen LogP contribution in [0.2, 0.25) is 0 Å². The van der Waals surface area contributed by atoms with Crippen LogP contribution in [-0.2, 0) is 11.3 Å². The van der Waals surface area contributed by atoms with Gasteiger partial charge in [-0.15, -0.1) is 0 Å². The van der Waals surface area contributed by atoms with E-state index in [-0.39, 0.29) is 23.6 Å². The summed E-state index contributed by atoms with van der Waals surface area (Å²) in [5.41, 5.74) is 1.11. The van der Waals surface area contributed by atoms with Crippen molar-refractivity contribution < 1.29 is 9.53 Å². The highest BCUT2D eigenvalue weighted by Crippen LogP contribution is 2.14. The van der Waals surface area contributed by atoms with Gasteiger partial charge in [0.15, 0.2) is 6.61 Å². The topological polar surface area (TPSA) is 50.4 Å². The molecular formula is C18H30N2O2. The maximum Gasteiger partial charge on any atom is 0.258 e. The fourth-order valence-electron chi connectivity index (χ4n) is 1.77. The number of hydrogen-bond acceptors (Lipinski definition) is 3. The molecule has 0 radical (unpaired) electrons. The zero-order chi connectivity index (χ0) is 16.8. The molecule has 1 rings (SSSR count). The monoisotopic (exact) mass is 306 g/mol. The van der Waals surface area contributed by atoms with Crippen LogP contribution in [0.25, 0.3) is 0 Å². The van der Waals surface area contributed by atoms with Crippen LogP contribution >= 0.6 is 0 Å². The summed E-state index contributed by atoms with van der Waals surface area (Å²) in [6.45, 7) is 13.3. The summed E-state index contributed by atoms with van der Waals surface area (Å²) in [6.07, 6.45) is 1.08. The molecule has 0 heterocycles. The maximum absolute atomic E-state index is 11.7. The molecule has 22 heavy (non-hydrogen) atoms. The number of ether oxygens (including phenoxy) is 1. The summed E-state index contributed by atoms with van der Waals surface area (Å²) in [5.74, 6) is 0.602. The van der Waals surface area contributed by atoms with Gasteiger partial charge in [-0.1, -0.05) is 19.1 Å². The minimum atomic E-state index is -0.234. The molecule has 1 amide bonds. The third-order valence-corrected chi connectivity index (χ3v) is 3.46. The summed E-state index contributed by atoms with van der Waals surface area (Å²) in [4.78, 5) is 11.7. The summed E-state index contributed by atoms with van der Waals surface area (Å²) >= 11 is 0. The molecule has 1 aromatic rings. The van der Waals surface area contributed by atoms with Crippen molar-refractivity contribution in [1.82, 2.24) is 10.6 Å². The standard InChI is InChI=1S/C18H30N2O2/c1-7-18(5,6)19-12-14-8-10-15(11-9-14)22-13-16(21)20-17(2,3)4/h8-11,19H,7,12-13H2,1-6H3,(H,20,21). The number of hydrogen-bond donors (Lipinski definition) is 2. The molecule has 124 valence electrons. The Kier molecular flexibility index (Phi) is 6.42. The van der Waals surface area contributed by atoms with Crippen molar-refractivity contribution in [1.29, 1.82) is 0 Å². The molecule has 1 aromatic carbocycles. The van der Waals surface area contributed by atoms with Gasteiger partial charge in [0.2, 0.25) is 0 Å². The smallest absolute Gasteiger partial charge is 0.258 e. The van der Waals surface area contributed by atoms with Crippen molar-refractivity contribution in [2.45, 2.75) is 65.6 Å². The number of rotatable bonds is 7. The summed E-state index contributed by atoms with van der Waals surface area (Å²) < 4.78 is 5.50. The first kappa shape index (κ1) is 18.5. The van der Waals surface area contributed by atoms with E-state index in [1.165, 1.54) is 5.56 Å². The van der Waals surface area contributed by atoms with Crippen molar-refractivity contribution in [3.8, 4) is 5.75 Å². The Balaban J connectivity index is 2.44. The Morgan fingerprint density at radius 1 is 1.09 bits per heavy atom. The van der Waals surface area contributed by atoms with E-state index < -0.39 is 0 Å². The molecule has 0 fully saturated rings. The van der Waals surface area contributed by atoms with E-state index in [1.807, 2.05) is 45.0 Å². The predicted octanol–water partition coefficient (Wildman–Crippen LogP) is 3.26. The highest BCUT2D eigenvalue weighted by Gasteiger charge is 2.14. The molecule has 4 nitrogen and oxygen atoms in total. The second-order valence-corrected chi connectivity index (χ2v) is 7.32. The molecule has 0 unspecified atom stereocenters. The zero-order valence-electron chi connectivity index (χ0n) is 14.7. The fraction of sp³-hybridized carbons (Fsp3) is 0.611. The fourth-order valence-corrected chi connectivity index (χ4v) is 1.77. The van der Waals surface area contributed by atoms with E-state index in [0.717, 1.165) is 13.0 Å². The third kappa shape index (κ3) is 7.46. The van der Waals surface area contributed by atoms with Gasteiger partial charge in [0.05, 0.1) is 0 Å². The molecule has 0 spiro atoms. The van der Waals surface area contributed by atoms with Gasteiger partial charge in [0, 0.05) is 17.6 Å². The van der Waals surface area contributed by atoms with Gasteiger partial charge in [-0.3, -0.25) is 4.79 Å². The average Bonchev–Trinajstić information content (AvgIpc) is 2.42. The number of carbonyl (C=O) groups excluding carboxylic acids is 1. The van der Waals surface area contributed by atoms with E-state index in [0.29, 0.717) is 5.75 Å². The van der Waals surface area contributed by atoms with Gasteiger partial charge >= 0.3 is 0 Å². The molecule has 0 atom stereocenters. The van der Waals surface area contributed by atoms with Crippen LogP contribution in [0.5, 0.6) is 5.75 Å². The molecule has 4 heteroatoms. The lowest BCUT2D eigenvalue weighted by molar-refractivity contribution is -0.124. The maximum atomic E-state index is 11.7. The van der Waals surface area contributed by atoms with E-state index in [4.69, 9.17) is 4.74 Å². The second-order valence-electron chi connectivity index (χ2n) is 7.32. The minimum Gasteiger partial charge on any atom is -0.484 e. The van der Waals surface area contributed by atoms with Gasteiger partial charge in [-0.05, 0) is 58.7 Å². The van der Waals surface area contributed by atoms with Gasteiger partial charge in [0.25, 0.3) is 5.91 Å². The van der Waals surface area contributed by atoms with Crippen molar-refractivity contribution >= 4 is 5.91 Å². The normalized spacial score (nSPS) is 12.1. The first-order valence-electron chi connectivity index (χ1n) is 7.89. The molecule has 0 aliphatic rings. The van der Waals surface area contributed by atoms with Crippen molar-refractivity contribution in [2.75, 3.05) is 6.61 Å². The minimum absolute atomic E-state index is 0.0394. The molecule has 0 bridgehead atoms. The number of benzene rings is 1. The number of nitrogens with one attached hydrogen (secondary N) is 2. The third-order valence-electron chi connectivity index (χ3n) is 3.46. The van der Waals surface area contributed by atoms with E-state index in [2.05, 4.69) is 31.4 Å².